The van der Waals surface area contributed by atoms with Crippen molar-refractivity contribution in [3.05, 3.63) is 23.9 Å². The number of hydrogen-bond donors (Lipinski definition) is 1. The van der Waals surface area contributed by atoms with Crippen molar-refractivity contribution in [1.82, 2.24) is 4.98 Å². The van der Waals surface area contributed by atoms with E-state index in [1.807, 2.05) is 0 Å². The molecule has 1 aromatic rings. The molecular formula is C8H11NO2. The van der Waals surface area contributed by atoms with E-state index in [1.165, 1.54) is 7.11 Å². The molecule has 0 fully saturated rings. The number of aliphatic hydroxyl groups excluding tert-OH is 1. The summed E-state index contributed by atoms with van der Waals surface area (Å²) in [4.78, 5) is 3.94. The number of hydrogen-bond acceptors (Lipinski definition) is 3. The molecule has 0 aromatic carbocycles. The molecule has 0 aliphatic carbocycles. The van der Waals surface area contributed by atoms with Gasteiger partial charge in [-0.2, -0.15) is 0 Å². The smallest absolute Gasteiger partial charge is 0.218 e. The molecule has 1 aromatic heterocycles. The van der Waals surface area contributed by atoms with Crippen molar-refractivity contribution in [2.75, 3.05) is 7.11 Å². The van der Waals surface area contributed by atoms with E-state index in [9.17, 15) is 5.11 Å². The quantitative estimate of drug-likeness (QED) is 0.692. The van der Waals surface area contributed by atoms with Gasteiger partial charge in [-0.15, -0.1) is 0 Å². The van der Waals surface area contributed by atoms with Crippen molar-refractivity contribution in [2.24, 2.45) is 0 Å². The Balaban J connectivity index is 3.02. The topological polar surface area (TPSA) is 42.4 Å². The predicted octanol–water partition coefficient (Wildman–Crippen LogP) is 1.14. The number of ether oxygens (including phenoxy) is 1. The zero-order valence-corrected chi connectivity index (χ0v) is 6.61. The molecule has 1 N–H and O–H groups in total. The highest BCUT2D eigenvalue weighted by atomic mass is 16.5. The van der Waals surface area contributed by atoms with Crippen LogP contribution in [0.5, 0.6) is 5.88 Å². The molecule has 0 amide bonds. The molecule has 3 nitrogen and oxygen atoms in total. The zero-order chi connectivity index (χ0) is 8.27. The average molecular weight is 153 g/mol. The Labute approximate surface area is 65.7 Å². The van der Waals surface area contributed by atoms with E-state index >= 15 is 0 Å². The van der Waals surface area contributed by atoms with Gasteiger partial charge in [-0.3, -0.25) is 0 Å². The summed E-state index contributed by atoms with van der Waals surface area (Å²) in [5.41, 5.74) is 0.718. The van der Waals surface area contributed by atoms with Gasteiger partial charge in [0.2, 0.25) is 5.88 Å². The Kier molecular flexibility index (Phi) is 2.44. The Hall–Kier alpha value is -1.09. The fourth-order valence-electron chi connectivity index (χ4n) is 0.892. The van der Waals surface area contributed by atoms with Crippen molar-refractivity contribution in [2.45, 2.75) is 13.0 Å². The Bertz CT molecular complexity index is 235. The maximum Gasteiger partial charge on any atom is 0.218 e. The molecule has 0 saturated carbocycles. The number of aromatic nitrogens is 1. The summed E-state index contributed by atoms with van der Waals surface area (Å²) < 4.78 is 4.94. The highest BCUT2D eigenvalue weighted by Gasteiger charge is 2.07. The van der Waals surface area contributed by atoms with Crippen molar-refractivity contribution < 1.29 is 9.84 Å². The van der Waals surface area contributed by atoms with E-state index in [2.05, 4.69) is 4.98 Å². The summed E-state index contributed by atoms with van der Waals surface area (Å²) in [6.07, 6.45) is 1.10. The maximum atomic E-state index is 9.22. The van der Waals surface area contributed by atoms with Crippen LogP contribution < -0.4 is 4.74 Å². The number of nitrogens with zero attached hydrogens (tertiary/aromatic N) is 1. The molecule has 60 valence electrons. The molecule has 0 bridgehead atoms. The lowest BCUT2D eigenvalue weighted by Gasteiger charge is -2.07. The lowest BCUT2D eigenvalue weighted by molar-refractivity contribution is 0.193. The van der Waals surface area contributed by atoms with E-state index in [0.29, 0.717) is 5.88 Å². The second kappa shape index (κ2) is 3.34. The Morgan fingerprint density at radius 3 is 2.82 bits per heavy atom. The first-order chi connectivity index (χ1) is 5.25. The van der Waals surface area contributed by atoms with Gasteiger partial charge in [0, 0.05) is 11.8 Å². The van der Waals surface area contributed by atoms with Crippen LogP contribution in [0.1, 0.15) is 18.6 Å². The minimum Gasteiger partial charge on any atom is -0.481 e. The zero-order valence-electron chi connectivity index (χ0n) is 6.61. The molecule has 11 heavy (non-hydrogen) atoms. The van der Waals surface area contributed by atoms with Gasteiger partial charge in [0.15, 0.2) is 0 Å². The predicted molar refractivity (Wildman–Crippen MR) is 41.4 cm³/mol. The van der Waals surface area contributed by atoms with Crippen molar-refractivity contribution in [3.63, 3.8) is 0 Å². The molecule has 0 aliphatic rings. The second-order valence-corrected chi connectivity index (χ2v) is 2.28. The van der Waals surface area contributed by atoms with Gasteiger partial charge >= 0.3 is 0 Å². The molecular weight excluding hydrogens is 142 g/mol. The largest absolute Gasteiger partial charge is 0.481 e. The van der Waals surface area contributed by atoms with Gasteiger partial charge in [-0.1, -0.05) is 0 Å². The van der Waals surface area contributed by atoms with E-state index in [4.69, 9.17) is 4.74 Å². The van der Waals surface area contributed by atoms with Gasteiger partial charge in [0.05, 0.1) is 13.2 Å². The van der Waals surface area contributed by atoms with Crippen molar-refractivity contribution >= 4 is 0 Å². The average Bonchev–Trinajstić information content (AvgIpc) is 2.04. The third-order valence-corrected chi connectivity index (χ3v) is 1.44. The van der Waals surface area contributed by atoms with Crippen molar-refractivity contribution in [1.29, 1.82) is 0 Å². The lowest BCUT2D eigenvalue weighted by atomic mass is 10.2. The number of pyridine rings is 1. The summed E-state index contributed by atoms with van der Waals surface area (Å²) in [6, 6.07) is 3.56. The molecule has 0 radical (unpaired) electrons. The third-order valence-electron chi connectivity index (χ3n) is 1.44. The number of methoxy groups -OCH3 is 1. The molecule has 1 rings (SSSR count). The third kappa shape index (κ3) is 1.68. The minimum atomic E-state index is -0.529. The molecule has 3 heteroatoms. The molecule has 0 aliphatic heterocycles. The van der Waals surface area contributed by atoms with Crippen LogP contribution >= 0.6 is 0 Å². The first-order valence-corrected chi connectivity index (χ1v) is 3.42. The summed E-state index contributed by atoms with van der Waals surface area (Å²) in [7, 11) is 1.54. The van der Waals surface area contributed by atoms with E-state index in [-0.39, 0.29) is 0 Å². The first kappa shape index (κ1) is 8.01. The summed E-state index contributed by atoms with van der Waals surface area (Å²) in [5, 5.41) is 9.22. The maximum absolute atomic E-state index is 9.22. The SMILES string of the molecule is COc1ncccc1[C@H](C)O. The molecule has 1 heterocycles. The van der Waals surface area contributed by atoms with Crippen LogP contribution in [0, 0.1) is 0 Å². The number of aliphatic hydroxyl groups is 1. The summed E-state index contributed by atoms with van der Waals surface area (Å²) in [5.74, 6) is 0.488. The minimum absolute atomic E-state index is 0.488. The first-order valence-electron chi connectivity index (χ1n) is 3.42. The number of rotatable bonds is 2. The van der Waals surface area contributed by atoms with Gasteiger partial charge in [-0.25, -0.2) is 4.98 Å². The van der Waals surface area contributed by atoms with Crippen LogP contribution in [0.4, 0.5) is 0 Å². The summed E-state index contributed by atoms with van der Waals surface area (Å²) >= 11 is 0. The van der Waals surface area contributed by atoms with Crippen molar-refractivity contribution in [3.8, 4) is 5.88 Å². The van der Waals surface area contributed by atoms with E-state index in [1.54, 1.807) is 25.3 Å². The molecule has 0 unspecified atom stereocenters. The fourth-order valence-corrected chi connectivity index (χ4v) is 0.892. The molecule has 1 atom stereocenters. The Morgan fingerprint density at radius 2 is 2.36 bits per heavy atom. The van der Waals surface area contributed by atoms with Gasteiger partial charge in [-0.05, 0) is 19.1 Å². The second-order valence-electron chi connectivity index (χ2n) is 2.28. The highest BCUT2D eigenvalue weighted by molar-refractivity contribution is 5.26. The summed E-state index contributed by atoms with van der Waals surface area (Å²) in [6.45, 7) is 1.68. The molecule has 0 spiro atoms. The van der Waals surface area contributed by atoms with Gasteiger partial charge in [0.25, 0.3) is 0 Å². The monoisotopic (exact) mass is 153 g/mol. The van der Waals surface area contributed by atoms with E-state index in [0.717, 1.165) is 5.56 Å². The van der Waals surface area contributed by atoms with Crippen LogP contribution in [0.3, 0.4) is 0 Å². The standard InChI is InChI=1S/C8H11NO2/c1-6(10)7-4-3-5-9-8(7)11-2/h3-6,10H,1-2H3/t6-/m0/s1. The lowest BCUT2D eigenvalue weighted by Crippen LogP contribution is -1.97. The van der Waals surface area contributed by atoms with E-state index < -0.39 is 6.10 Å². The van der Waals surface area contributed by atoms with Gasteiger partial charge in [0.1, 0.15) is 0 Å². The van der Waals surface area contributed by atoms with Crippen LogP contribution in [0.15, 0.2) is 18.3 Å². The normalized spacial score (nSPS) is 12.6. The van der Waals surface area contributed by atoms with Crippen LogP contribution in [-0.2, 0) is 0 Å². The van der Waals surface area contributed by atoms with Gasteiger partial charge < -0.3 is 9.84 Å². The van der Waals surface area contributed by atoms with Crippen LogP contribution in [-0.4, -0.2) is 17.2 Å². The fraction of sp³-hybridized carbons (Fsp3) is 0.375. The Morgan fingerprint density at radius 1 is 1.64 bits per heavy atom. The highest BCUT2D eigenvalue weighted by Crippen LogP contribution is 2.20. The van der Waals surface area contributed by atoms with Crippen LogP contribution in [0.25, 0.3) is 0 Å². The van der Waals surface area contributed by atoms with Crippen LogP contribution in [0.2, 0.25) is 0 Å². The molecule has 0 saturated heterocycles.